The third kappa shape index (κ3) is 8.77. The number of carbonyl (C=O) groups is 1. The van der Waals surface area contributed by atoms with Crippen LogP contribution in [-0.2, 0) is 4.79 Å². The Morgan fingerprint density at radius 1 is 0.957 bits per heavy atom. The molecule has 2 nitrogen and oxygen atoms in total. The summed E-state index contributed by atoms with van der Waals surface area (Å²) in [6.45, 7) is 11.0. The molecule has 2 heteroatoms. The van der Waals surface area contributed by atoms with E-state index in [1.54, 1.807) is 0 Å². The molecule has 0 aromatic carbocycles. The van der Waals surface area contributed by atoms with Gasteiger partial charge in [0.25, 0.3) is 0 Å². The second-order valence-electron chi connectivity index (χ2n) is 8.20. The average Bonchev–Trinajstić information content (AvgIpc) is 2.55. The summed E-state index contributed by atoms with van der Waals surface area (Å²) < 4.78 is 0. The Kier molecular flexibility index (Phi) is 10.6. The van der Waals surface area contributed by atoms with E-state index >= 15 is 0 Å². The number of nitrogens with zero attached hydrogens (tertiary/aromatic N) is 1. The number of likely N-dealkylation sites (tertiary alicyclic amines) is 1. The lowest BCUT2D eigenvalue weighted by Gasteiger charge is -2.33. The fourth-order valence-corrected chi connectivity index (χ4v) is 3.74. The normalized spacial score (nSPS) is 17.7. The zero-order chi connectivity index (χ0) is 17.1. The van der Waals surface area contributed by atoms with E-state index in [0.717, 1.165) is 31.3 Å². The SMILES string of the molecule is CCCCCCC(C)C(=O)N1CCC(CCCCC(C)C)CC1. The van der Waals surface area contributed by atoms with Crippen molar-refractivity contribution >= 4 is 5.91 Å². The van der Waals surface area contributed by atoms with Gasteiger partial charge in [-0.05, 0) is 31.1 Å². The minimum absolute atomic E-state index is 0.231. The molecule has 1 saturated heterocycles. The summed E-state index contributed by atoms with van der Waals surface area (Å²) in [6, 6.07) is 0. The number of carbonyl (C=O) groups excluding carboxylic acids is 1. The van der Waals surface area contributed by atoms with E-state index in [1.165, 1.54) is 64.2 Å². The van der Waals surface area contributed by atoms with Gasteiger partial charge in [0.2, 0.25) is 5.91 Å². The molecule has 136 valence electrons. The van der Waals surface area contributed by atoms with Gasteiger partial charge in [-0.1, -0.05) is 79.1 Å². The standard InChI is InChI=1S/C21H41NO/c1-5-6-7-8-12-19(4)21(23)22-16-14-20(15-17-22)13-10-9-11-18(2)3/h18-20H,5-17H2,1-4H3. The van der Waals surface area contributed by atoms with Crippen LogP contribution in [0.15, 0.2) is 0 Å². The molecule has 1 amide bonds. The molecule has 0 spiro atoms. The maximum absolute atomic E-state index is 12.5. The minimum Gasteiger partial charge on any atom is -0.342 e. The van der Waals surface area contributed by atoms with Gasteiger partial charge in [-0.2, -0.15) is 0 Å². The summed E-state index contributed by atoms with van der Waals surface area (Å²) in [5.41, 5.74) is 0. The van der Waals surface area contributed by atoms with Crippen molar-refractivity contribution in [2.45, 2.75) is 98.3 Å². The summed E-state index contributed by atoms with van der Waals surface area (Å²) in [5, 5.41) is 0. The van der Waals surface area contributed by atoms with Crippen LogP contribution in [-0.4, -0.2) is 23.9 Å². The van der Waals surface area contributed by atoms with E-state index in [2.05, 4.69) is 32.6 Å². The van der Waals surface area contributed by atoms with Crippen LogP contribution >= 0.6 is 0 Å². The van der Waals surface area contributed by atoms with E-state index in [4.69, 9.17) is 0 Å². The molecule has 1 atom stereocenters. The van der Waals surface area contributed by atoms with Crippen LogP contribution < -0.4 is 0 Å². The topological polar surface area (TPSA) is 20.3 Å². The molecule has 1 aliphatic heterocycles. The first-order chi connectivity index (χ1) is 11.0. The Labute approximate surface area is 145 Å². The third-order valence-electron chi connectivity index (χ3n) is 5.48. The van der Waals surface area contributed by atoms with Crippen LogP contribution in [0.25, 0.3) is 0 Å². The van der Waals surface area contributed by atoms with Crippen LogP contribution in [0.4, 0.5) is 0 Å². The lowest BCUT2D eigenvalue weighted by Crippen LogP contribution is -2.41. The number of rotatable bonds is 11. The van der Waals surface area contributed by atoms with E-state index < -0.39 is 0 Å². The largest absolute Gasteiger partial charge is 0.342 e. The lowest BCUT2D eigenvalue weighted by atomic mass is 9.90. The first kappa shape index (κ1) is 20.5. The molecule has 1 rings (SSSR count). The predicted molar refractivity (Wildman–Crippen MR) is 101 cm³/mol. The van der Waals surface area contributed by atoms with E-state index in [9.17, 15) is 4.79 Å². The smallest absolute Gasteiger partial charge is 0.225 e. The monoisotopic (exact) mass is 323 g/mol. The van der Waals surface area contributed by atoms with Crippen LogP contribution in [0.1, 0.15) is 98.3 Å². The second kappa shape index (κ2) is 11.9. The summed E-state index contributed by atoms with van der Waals surface area (Å²) in [6.07, 6.45) is 14.1. The number of hydrogen-bond donors (Lipinski definition) is 0. The van der Waals surface area contributed by atoms with Crippen molar-refractivity contribution < 1.29 is 4.79 Å². The Morgan fingerprint density at radius 3 is 2.22 bits per heavy atom. The van der Waals surface area contributed by atoms with Crippen molar-refractivity contribution in [2.75, 3.05) is 13.1 Å². The zero-order valence-electron chi connectivity index (χ0n) is 16.3. The number of piperidine rings is 1. The highest BCUT2D eigenvalue weighted by Crippen LogP contribution is 2.25. The van der Waals surface area contributed by atoms with Crippen LogP contribution in [0.3, 0.4) is 0 Å². The van der Waals surface area contributed by atoms with E-state index in [-0.39, 0.29) is 5.92 Å². The average molecular weight is 324 g/mol. The Morgan fingerprint density at radius 2 is 1.61 bits per heavy atom. The molecule has 1 fully saturated rings. The van der Waals surface area contributed by atoms with Crippen molar-refractivity contribution in [1.82, 2.24) is 4.90 Å². The van der Waals surface area contributed by atoms with E-state index in [1.807, 2.05) is 0 Å². The molecule has 0 aromatic heterocycles. The Hall–Kier alpha value is -0.530. The number of amides is 1. The van der Waals surface area contributed by atoms with Crippen LogP contribution in [0.2, 0.25) is 0 Å². The van der Waals surface area contributed by atoms with Crippen LogP contribution in [0.5, 0.6) is 0 Å². The van der Waals surface area contributed by atoms with E-state index in [0.29, 0.717) is 5.91 Å². The minimum atomic E-state index is 0.231. The Balaban J connectivity index is 2.15. The van der Waals surface area contributed by atoms with Crippen LogP contribution in [0, 0.1) is 17.8 Å². The van der Waals surface area contributed by atoms with Crippen molar-refractivity contribution in [3.63, 3.8) is 0 Å². The molecule has 0 aromatic rings. The predicted octanol–water partition coefficient (Wildman–Crippen LogP) is 6.05. The van der Waals surface area contributed by atoms with Gasteiger partial charge in [0, 0.05) is 19.0 Å². The quantitative estimate of drug-likeness (QED) is 0.424. The van der Waals surface area contributed by atoms with Gasteiger partial charge in [-0.3, -0.25) is 4.79 Å². The van der Waals surface area contributed by atoms with Crippen molar-refractivity contribution in [3.05, 3.63) is 0 Å². The highest BCUT2D eigenvalue weighted by atomic mass is 16.2. The van der Waals surface area contributed by atoms with Gasteiger partial charge >= 0.3 is 0 Å². The molecule has 1 aliphatic rings. The molecule has 0 aliphatic carbocycles. The summed E-state index contributed by atoms with van der Waals surface area (Å²) in [7, 11) is 0. The van der Waals surface area contributed by atoms with Gasteiger partial charge in [0.1, 0.15) is 0 Å². The van der Waals surface area contributed by atoms with Crippen molar-refractivity contribution in [3.8, 4) is 0 Å². The summed E-state index contributed by atoms with van der Waals surface area (Å²) in [5.74, 6) is 2.36. The van der Waals surface area contributed by atoms with Gasteiger partial charge in [0.15, 0.2) is 0 Å². The first-order valence-electron chi connectivity index (χ1n) is 10.3. The fraction of sp³-hybridized carbons (Fsp3) is 0.952. The second-order valence-corrected chi connectivity index (χ2v) is 8.20. The highest BCUT2D eigenvalue weighted by molar-refractivity contribution is 5.78. The van der Waals surface area contributed by atoms with Gasteiger partial charge in [0.05, 0.1) is 0 Å². The van der Waals surface area contributed by atoms with Crippen molar-refractivity contribution in [1.29, 1.82) is 0 Å². The third-order valence-corrected chi connectivity index (χ3v) is 5.48. The molecular weight excluding hydrogens is 282 g/mol. The fourth-order valence-electron chi connectivity index (χ4n) is 3.74. The molecule has 0 bridgehead atoms. The molecule has 0 N–H and O–H groups in total. The molecule has 1 unspecified atom stereocenters. The Bertz CT molecular complexity index is 305. The number of unbranched alkanes of at least 4 members (excludes halogenated alkanes) is 4. The summed E-state index contributed by atoms with van der Waals surface area (Å²) >= 11 is 0. The number of hydrogen-bond acceptors (Lipinski definition) is 1. The van der Waals surface area contributed by atoms with Gasteiger partial charge in [-0.25, -0.2) is 0 Å². The molecular formula is C21H41NO. The molecule has 0 saturated carbocycles. The highest BCUT2D eigenvalue weighted by Gasteiger charge is 2.25. The molecule has 0 radical (unpaired) electrons. The van der Waals surface area contributed by atoms with Gasteiger partial charge in [-0.15, -0.1) is 0 Å². The van der Waals surface area contributed by atoms with Gasteiger partial charge < -0.3 is 4.90 Å². The maximum Gasteiger partial charge on any atom is 0.225 e. The molecule has 1 heterocycles. The lowest BCUT2D eigenvalue weighted by molar-refractivity contribution is -0.136. The van der Waals surface area contributed by atoms with Crippen molar-refractivity contribution in [2.24, 2.45) is 17.8 Å². The maximum atomic E-state index is 12.5. The first-order valence-corrected chi connectivity index (χ1v) is 10.3. The zero-order valence-corrected chi connectivity index (χ0v) is 16.3. The summed E-state index contributed by atoms with van der Waals surface area (Å²) in [4.78, 5) is 14.7. The molecule has 23 heavy (non-hydrogen) atoms.